The van der Waals surface area contributed by atoms with Crippen LogP contribution in [-0.4, -0.2) is 18.2 Å². The molecule has 1 fully saturated rings. The van der Waals surface area contributed by atoms with Gasteiger partial charge in [-0.25, -0.2) is 4.79 Å². The Morgan fingerprint density at radius 2 is 1.65 bits per heavy atom. The first-order valence-corrected chi connectivity index (χ1v) is 11.9. The molecule has 2 aromatic rings. The maximum atomic E-state index is 13.1. The van der Waals surface area contributed by atoms with Gasteiger partial charge in [-0.3, -0.25) is 0 Å². The Morgan fingerprint density at radius 3 is 2.32 bits per heavy atom. The Bertz CT molecular complexity index is 821. The highest BCUT2D eigenvalue weighted by atomic mass is 16.6. The Kier molecular flexibility index (Phi) is 8.31. The van der Waals surface area contributed by atoms with Gasteiger partial charge in [-0.2, -0.15) is 0 Å². The molecule has 31 heavy (non-hydrogen) atoms. The lowest BCUT2D eigenvalue weighted by molar-refractivity contribution is -0.0863. The molecule has 3 heteroatoms. The Balaban J connectivity index is 1.60. The number of ether oxygens (including phenoxy) is 2. The molecule has 0 aromatic heterocycles. The number of hydrogen-bond donors (Lipinski definition) is 0. The van der Waals surface area contributed by atoms with Gasteiger partial charge in [0.05, 0.1) is 18.3 Å². The molecule has 0 saturated heterocycles. The maximum absolute atomic E-state index is 13.1. The standard InChI is InChI=1S/C28H38O3/c1-5-12-26(28(3,4)17-6-2)24-15-10-11-16-25(24)27(29)31-23-18-22(19-23)30-20-21-13-8-7-9-14-21/h7-11,13-16,22-23,26H,5-6,12,17-20H2,1-4H3/t22-,23-,26?. The van der Waals surface area contributed by atoms with E-state index in [0.717, 1.165) is 49.7 Å². The van der Waals surface area contributed by atoms with Crippen LogP contribution in [0, 0.1) is 5.41 Å². The molecule has 1 aliphatic rings. The normalized spacial score (nSPS) is 19.5. The Hall–Kier alpha value is -2.13. The van der Waals surface area contributed by atoms with Crippen LogP contribution in [0.4, 0.5) is 0 Å². The number of carbonyl (C=O) groups excluding carboxylic acids is 1. The predicted molar refractivity (Wildman–Crippen MR) is 126 cm³/mol. The second-order valence-corrected chi connectivity index (χ2v) is 9.58. The monoisotopic (exact) mass is 422 g/mol. The molecule has 0 aliphatic heterocycles. The highest BCUT2D eigenvalue weighted by molar-refractivity contribution is 5.91. The molecule has 3 rings (SSSR count). The summed E-state index contributed by atoms with van der Waals surface area (Å²) in [4.78, 5) is 13.1. The third-order valence-electron chi connectivity index (χ3n) is 6.62. The van der Waals surface area contributed by atoms with E-state index in [2.05, 4.69) is 45.9 Å². The molecule has 1 saturated carbocycles. The fourth-order valence-corrected chi connectivity index (χ4v) is 4.81. The minimum absolute atomic E-state index is 0.0467. The van der Waals surface area contributed by atoms with Crippen LogP contribution in [0.2, 0.25) is 0 Å². The van der Waals surface area contributed by atoms with Crippen LogP contribution in [0.1, 0.15) is 93.6 Å². The highest BCUT2D eigenvalue weighted by Crippen LogP contribution is 2.43. The summed E-state index contributed by atoms with van der Waals surface area (Å²) in [5, 5.41) is 0. The maximum Gasteiger partial charge on any atom is 0.338 e. The van der Waals surface area contributed by atoms with E-state index >= 15 is 0 Å². The zero-order valence-electron chi connectivity index (χ0n) is 19.6. The Morgan fingerprint density at radius 1 is 0.968 bits per heavy atom. The average Bonchev–Trinajstić information content (AvgIpc) is 2.74. The van der Waals surface area contributed by atoms with Gasteiger partial charge in [0, 0.05) is 12.8 Å². The van der Waals surface area contributed by atoms with Crippen molar-refractivity contribution < 1.29 is 14.3 Å². The fourth-order valence-electron chi connectivity index (χ4n) is 4.81. The summed E-state index contributed by atoms with van der Waals surface area (Å²) >= 11 is 0. The molecule has 0 radical (unpaired) electrons. The summed E-state index contributed by atoms with van der Waals surface area (Å²) in [6, 6.07) is 18.2. The average molecular weight is 423 g/mol. The highest BCUT2D eigenvalue weighted by Gasteiger charge is 2.35. The summed E-state index contributed by atoms with van der Waals surface area (Å²) in [6.45, 7) is 9.73. The SMILES string of the molecule is CCCC(c1ccccc1C(=O)O[C@H]1C[C@H](OCc2ccccc2)C1)C(C)(C)CCC. The van der Waals surface area contributed by atoms with Crippen LogP contribution in [0.15, 0.2) is 54.6 Å². The van der Waals surface area contributed by atoms with Gasteiger partial charge in [0.1, 0.15) is 6.10 Å². The van der Waals surface area contributed by atoms with Crippen molar-refractivity contribution in [3.8, 4) is 0 Å². The number of esters is 1. The van der Waals surface area contributed by atoms with Gasteiger partial charge in [-0.1, -0.05) is 89.1 Å². The van der Waals surface area contributed by atoms with E-state index in [1.807, 2.05) is 36.4 Å². The molecule has 0 bridgehead atoms. The van der Waals surface area contributed by atoms with Crippen molar-refractivity contribution in [1.82, 2.24) is 0 Å². The van der Waals surface area contributed by atoms with Crippen LogP contribution in [0.25, 0.3) is 0 Å². The minimum atomic E-state index is -0.185. The van der Waals surface area contributed by atoms with Crippen molar-refractivity contribution in [3.63, 3.8) is 0 Å². The molecule has 0 N–H and O–H groups in total. The number of carbonyl (C=O) groups is 1. The fraction of sp³-hybridized carbons (Fsp3) is 0.536. The molecule has 1 unspecified atom stereocenters. The largest absolute Gasteiger partial charge is 0.459 e. The lowest BCUT2D eigenvalue weighted by Crippen LogP contribution is -2.39. The van der Waals surface area contributed by atoms with E-state index in [1.165, 1.54) is 5.56 Å². The van der Waals surface area contributed by atoms with Crippen LogP contribution < -0.4 is 0 Å². The first-order valence-electron chi connectivity index (χ1n) is 11.9. The molecule has 1 aliphatic carbocycles. The summed E-state index contributed by atoms with van der Waals surface area (Å²) in [5.41, 5.74) is 3.20. The van der Waals surface area contributed by atoms with Gasteiger partial charge < -0.3 is 9.47 Å². The molecule has 2 aromatic carbocycles. The van der Waals surface area contributed by atoms with E-state index < -0.39 is 0 Å². The van der Waals surface area contributed by atoms with Crippen LogP contribution >= 0.6 is 0 Å². The minimum Gasteiger partial charge on any atom is -0.459 e. The third kappa shape index (κ3) is 6.20. The van der Waals surface area contributed by atoms with Crippen LogP contribution in [0.3, 0.4) is 0 Å². The van der Waals surface area contributed by atoms with Crippen LogP contribution in [0.5, 0.6) is 0 Å². The number of hydrogen-bond acceptors (Lipinski definition) is 3. The van der Waals surface area contributed by atoms with E-state index in [4.69, 9.17) is 9.47 Å². The second-order valence-electron chi connectivity index (χ2n) is 9.58. The van der Waals surface area contributed by atoms with Crippen molar-refractivity contribution in [1.29, 1.82) is 0 Å². The lowest BCUT2D eigenvalue weighted by atomic mass is 9.69. The van der Waals surface area contributed by atoms with Crippen molar-refractivity contribution >= 4 is 5.97 Å². The quantitative estimate of drug-likeness (QED) is 0.356. The van der Waals surface area contributed by atoms with Gasteiger partial charge in [0.15, 0.2) is 0 Å². The first kappa shape index (κ1) is 23.5. The molecule has 0 amide bonds. The topological polar surface area (TPSA) is 35.5 Å². The summed E-state index contributed by atoms with van der Waals surface area (Å²) in [5.74, 6) is 0.167. The van der Waals surface area contributed by atoms with E-state index in [1.54, 1.807) is 0 Å². The molecule has 1 atom stereocenters. The molecular formula is C28H38O3. The molecule has 3 nitrogen and oxygen atoms in total. The zero-order chi connectivity index (χ0) is 22.3. The zero-order valence-corrected chi connectivity index (χ0v) is 19.6. The van der Waals surface area contributed by atoms with Gasteiger partial charge in [-0.15, -0.1) is 0 Å². The van der Waals surface area contributed by atoms with Crippen LogP contribution in [-0.2, 0) is 16.1 Å². The van der Waals surface area contributed by atoms with Gasteiger partial charge in [0.2, 0.25) is 0 Å². The number of rotatable bonds is 11. The van der Waals surface area contributed by atoms with E-state index in [0.29, 0.717) is 12.5 Å². The summed E-state index contributed by atoms with van der Waals surface area (Å²) in [7, 11) is 0. The third-order valence-corrected chi connectivity index (χ3v) is 6.62. The lowest BCUT2D eigenvalue weighted by Gasteiger charge is -2.37. The van der Waals surface area contributed by atoms with Gasteiger partial charge in [-0.05, 0) is 41.4 Å². The van der Waals surface area contributed by atoms with Gasteiger partial charge >= 0.3 is 5.97 Å². The van der Waals surface area contributed by atoms with Crippen molar-refractivity contribution in [2.75, 3.05) is 0 Å². The molecule has 0 spiro atoms. The summed E-state index contributed by atoms with van der Waals surface area (Å²) < 4.78 is 11.8. The summed E-state index contributed by atoms with van der Waals surface area (Å²) in [6.07, 6.45) is 6.15. The predicted octanol–water partition coefficient (Wildman–Crippen LogP) is 7.30. The first-order chi connectivity index (χ1) is 14.9. The molecule has 0 heterocycles. The van der Waals surface area contributed by atoms with Crippen molar-refractivity contribution in [3.05, 3.63) is 71.3 Å². The second kappa shape index (κ2) is 10.9. The van der Waals surface area contributed by atoms with Crippen molar-refractivity contribution in [2.45, 2.75) is 91.0 Å². The Labute approximate surface area is 188 Å². The van der Waals surface area contributed by atoms with E-state index in [9.17, 15) is 4.79 Å². The smallest absolute Gasteiger partial charge is 0.338 e. The molecular weight excluding hydrogens is 384 g/mol. The van der Waals surface area contributed by atoms with Gasteiger partial charge in [0.25, 0.3) is 0 Å². The van der Waals surface area contributed by atoms with E-state index in [-0.39, 0.29) is 23.6 Å². The van der Waals surface area contributed by atoms with Crippen molar-refractivity contribution in [2.24, 2.45) is 5.41 Å². The number of benzene rings is 2. The molecule has 168 valence electrons.